The molecule has 2 aromatic heterocycles. The van der Waals surface area contributed by atoms with Gasteiger partial charge in [-0.25, -0.2) is 9.67 Å². The van der Waals surface area contributed by atoms with Crippen LogP contribution in [-0.4, -0.2) is 56.3 Å². The number of nitrogens with one attached hydrogen (secondary N) is 1. The molecule has 4 heterocycles. The predicted octanol–water partition coefficient (Wildman–Crippen LogP) is 2.17. The van der Waals surface area contributed by atoms with Gasteiger partial charge in [-0.05, 0) is 63.2 Å². The molecule has 5 rings (SSSR count). The van der Waals surface area contributed by atoms with Crippen molar-refractivity contribution in [1.82, 2.24) is 29.5 Å². The number of amides is 1. The van der Waals surface area contributed by atoms with Crippen molar-refractivity contribution >= 4 is 30.7 Å². The molecule has 32 heavy (non-hydrogen) atoms. The molecule has 8 nitrogen and oxygen atoms in total. The van der Waals surface area contributed by atoms with Crippen molar-refractivity contribution in [3.63, 3.8) is 0 Å². The van der Waals surface area contributed by atoms with E-state index in [1.54, 1.807) is 9.47 Å². The number of carbonyl (C=O) groups is 1. The molecule has 1 N–H and O–H groups in total. The minimum Gasteiger partial charge on any atom is -0.336 e. The first-order valence-electron chi connectivity index (χ1n) is 11.2. The second-order valence-corrected chi connectivity index (χ2v) is 8.97. The van der Waals surface area contributed by atoms with Crippen molar-refractivity contribution in [3.05, 3.63) is 45.4 Å². The Morgan fingerprint density at radius 3 is 2.72 bits per heavy atom. The number of hydrogen-bond acceptors (Lipinski definition) is 5. The molecule has 0 bridgehead atoms. The van der Waals surface area contributed by atoms with Gasteiger partial charge in [-0.3, -0.25) is 9.59 Å². The molecule has 0 spiro atoms. The van der Waals surface area contributed by atoms with E-state index < -0.39 is 0 Å². The Labute approximate surface area is 200 Å². The second kappa shape index (κ2) is 10.4. The van der Waals surface area contributed by atoms with Crippen molar-refractivity contribution in [1.29, 1.82) is 0 Å². The number of piperidine rings is 1. The Bertz CT molecular complexity index is 985. The summed E-state index contributed by atoms with van der Waals surface area (Å²) in [5, 5.41) is 8.05. The monoisotopic (exact) mass is 482 g/mol. The third kappa shape index (κ3) is 5.02. The molecule has 1 aliphatic carbocycles. The molecule has 1 saturated carbocycles. The van der Waals surface area contributed by atoms with Crippen LogP contribution in [-0.2, 0) is 19.5 Å². The molecule has 10 heteroatoms. The van der Waals surface area contributed by atoms with Gasteiger partial charge in [0.25, 0.3) is 11.5 Å². The summed E-state index contributed by atoms with van der Waals surface area (Å²) in [6.45, 7) is 6.25. The number of rotatable bonds is 4. The maximum atomic E-state index is 13.3. The summed E-state index contributed by atoms with van der Waals surface area (Å²) >= 11 is 0. The van der Waals surface area contributed by atoms with Crippen LogP contribution < -0.4 is 10.9 Å². The highest BCUT2D eigenvalue weighted by molar-refractivity contribution is 5.95. The van der Waals surface area contributed by atoms with Crippen LogP contribution in [0.25, 0.3) is 0 Å². The van der Waals surface area contributed by atoms with Crippen LogP contribution in [0.5, 0.6) is 0 Å². The third-order valence-corrected chi connectivity index (χ3v) is 6.62. The molecule has 0 aromatic carbocycles. The van der Waals surface area contributed by atoms with Crippen molar-refractivity contribution in [2.45, 2.75) is 58.0 Å². The van der Waals surface area contributed by atoms with Crippen LogP contribution in [0.4, 0.5) is 0 Å². The normalized spacial score (nSPS) is 20.5. The first kappa shape index (κ1) is 24.7. The van der Waals surface area contributed by atoms with Gasteiger partial charge in [-0.2, -0.15) is 5.10 Å². The van der Waals surface area contributed by atoms with Gasteiger partial charge in [0.15, 0.2) is 5.82 Å². The molecular formula is C22H32Cl2N6O2. The van der Waals surface area contributed by atoms with E-state index in [0.717, 1.165) is 43.1 Å². The van der Waals surface area contributed by atoms with Crippen LogP contribution in [0, 0.1) is 12.8 Å². The minimum absolute atomic E-state index is 0. The Morgan fingerprint density at radius 2 is 2.00 bits per heavy atom. The van der Waals surface area contributed by atoms with Crippen LogP contribution in [0.2, 0.25) is 0 Å². The van der Waals surface area contributed by atoms with E-state index in [9.17, 15) is 9.59 Å². The molecule has 2 fully saturated rings. The maximum absolute atomic E-state index is 13.3. The first-order chi connectivity index (χ1) is 14.6. The van der Waals surface area contributed by atoms with Crippen LogP contribution in [0.15, 0.2) is 17.1 Å². The number of nitrogens with zero attached hydrogens (tertiary/aromatic N) is 5. The maximum Gasteiger partial charge on any atom is 0.263 e. The van der Waals surface area contributed by atoms with E-state index in [2.05, 4.69) is 10.4 Å². The summed E-state index contributed by atoms with van der Waals surface area (Å²) < 4.78 is 3.68. The summed E-state index contributed by atoms with van der Waals surface area (Å²) in [5.74, 6) is 2.72. The van der Waals surface area contributed by atoms with Gasteiger partial charge < -0.3 is 14.8 Å². The number of halogens is 2. The van der Waals surface area contributed by atoms with E-state index in [1.165, 1.54) is 12.8 Å². The lowest BCUT2D eigenvalue weighted by atomic mass is 9.99. The van der Waals surface area contributed by atoms with Crippen molar-refractivity contribution in [2.75, 3.05) is 26.2 Å². The summed E-state index contributed by atoms with van der Waals surface area (Å²) in [5.41, 5.74) is 0.897. The zero-order valence-electron chi connectivity index (χ0n) is 18.5. The largest absolute Gasteiger partial charge is 0.336 e. The fourth-order valence-electron chi connectivity index (χ4n) is 4.62. The molecule has 2 aromatic rings. The van der Waals surface area contributed by atoms with Crippen molar-refractivity contribution in [2.24, 2.45) is 5.92 Å². The lowest BCUT2D eigenvalue weighted by Crippen LogP contribution is -2.40. The Kier molecular flexibility index (Phi) is 8.01. The first-order valence-corrected chi connectivity index (χ1v) is 11.2. The molecular weight excluding hydrogens is 451 g/mol. The smallest absolute Gasteiger partial charge is 0.263 e. The van der Waals surface area contributed by atoms with E-state index >= 15 is 0 Å². The standard InChI is InChI=1S/C22H30N6O2.2ClH/c1-15-6-9-27(14-16-3-2-8-23-13-16)22(30)19(15)21(29)26-10-7-18-24-20(17-4-5-17)25-28(18)12-11-26;;/h6,9,16-17,23H,2-5,7-8,10-14H2,1H3;2*1H. The van der Waals surface area contributed by atoms with Crippen molar-refractivity contribution in [3.8, 4) is 0 Å². The zero-order chi connectivity index (χ0) is 20.7. The summed E-state index contributed by atoms with van der Waals surface area (Å²) in [6.07, 6.45) is 7.14. The number of pyridine rings is 1. The molecule has 1 amide bonds. The Balaban J connectivity index is 0.00000144. The van der Waals surface area contributed by atoms with E-state index in [-0.39, 0.29) is 36.3 Å². The van der Waals surface area contributed by atoms with Gasteiger partial charge in [0.2, 0.25) is 0 Å². The molecule has 2 aliphatic heterocycles. The molecule has 1 atom stereocenters. The van der Waals surface area contributed by atoms with Gasteiger partial charge in [0.1, 0.15) is 11.4 Å². The van der Waals surface area contributed by atoms with Gasteiger partial charge in [-0.1, -0.05) is 0 Å². The number of hydrogen-bond donors (Lipinski definition) is 1. The average molecular weight is 483 g/mol. The quantitative estimate of drug-likeness (QED) is 0.721. The number of carbonyl (C=O) groups excluding carboxylic acids is 1. The number of aryl methyl sites for hydroxylation is 1. The number of aromatic nitrogens is 4. The van der Waals surface area contributed by atoms with Crippen LogP contribution in [0.3, 0.4) is 0 Å². The van der Waals surface area contributed by atoms with E-state index in [4.69, 9.17) is 4.98 Å². The average Bonchev–Trinajstić information content (AvgIpc) is 3.55. The topological polar surface area (TPSA) is 85.1 Å². The summed E-state index contributed by atoms with van der Waals surface area (Å²) in [4.78, 5) is 33.0. The van der Waals surface area contributed by atoms with Gasteiger partial charge >= 0.3 is 0 Å². The van der Waals surface area contributed by atoms with Crippen LogP contribution >= 0.6 is 24.8 Å². The molecule has 3 aliphatic rings. The third-order valence-electron chi connectivity index (χ3n) is 6.62. The summed E-state index contributed by atoms with van der Waals surface area (Å²) in [7, 11) is 0. The SMILES string of the molecule is Cc1ccn(CC2CCCNC2)c(=O)c1C(=O)N1CCc2nc(C3CC3)nn2CC1.Cl.Cl. The van der Waals surface area contributed by atoms with Gasteiger partial charge in [-0.15, -0.1) is 24.8 Å². The van der Waals surface area contributed by atoms with Crippen LogP contribution in [0.1, 0.15) is 59.2 Å². The summed E-state index contributed by atoms with van der Waals surface area (Å²) in [6, 6.07) is 1.90. The lowest BCUT2D eigenvalue weighted by Gasteiger charge is -2.24. The van der Waals surface area contributed by atoms with Crippen molar-refractivity contribution < 1.29 is 4.79 Å². The molecule has 0 radical (unpaired) electrons. The van der Waals surface area contributed by atoms with Gasteiger partial charge in [0.05, 0.1) is 6.54 Å². The fourth-order valence-corrected chi connectivity index (χ4v) is 4.62. The Hall–Kier alpha value is -1.90. The lowest BCUT2D eigenvalue weighted by molar-refractivity contribution is 0.0754. The van der Waals surface area contributed by atoms with E-state index in [1.807, 2.05) is 23.9 Å². The highest BCUT2D eigenvalue weighted by Crippen LogP contribution is 2.38. The zero-order valence-corrected chi connectivity index (χ0v) is 20.1. The highest BCUT2D eigenvalue weighted by atomic mass is 35.5. The second-order valence-electron chi connectivity index (χ2n) is 8.97. The molecule has 176 valence electrons. The van der Waals surface area contributed by atoms with E-state index in [0.29, 0.717) is 50.0 Å². The highest BCUT2D eigenvalue weighted by Gasteiger charge is 2.31. The molecule has 1 saturated heterocycles. The molecule has 1 unspecified atom stereocenters. The minimum atomic E-state index is -0.165. The predicted molar refractivity (Wildman–Crippen MR) is 127 cm³/mol. The van der Waals surface area contributed by atoms with Gasteiger partial charge in [0, 0.05) is 38.2 Å². The number of fused-ring (bicyclic) bond motifs is 1. The fraction of sp³-hybridized carbons (Fsp3) is 0.636. The Morgan fingerprint density at radius 1 is 1.19 bits per heavy atom.